The highest BCUT2D eigenvalue weighted by Crippen LogP contribution is 2.27. The summed E-state index contributed by atoms with van der Waals surface area (Å²) < 4.78 is 39.1. The van der Waals surface area contributed by atoms with Crippen LogP contribution in [-0.4, -0.2) is 5.91 Å². The third-order valence-corrected chi connectivity index (χ3v) is 3.17. The Labute approximate surface area is 123 Å². The van der Waals surface area contributed by atoms with Crippen LogP contribution in [0.4, 0.5) is 24.5 Å². The molecular weight excluding hydrogens is 305 g/mol. The van der Waals surface area contributed by atoms with E-state index in [1.165, 1.54) is 6.07 Å². The van der Waals surface area contributed by atoms with E-state index < -0.39 is 23.4 Å². The van der Waals surface area contributed by atoms with Gasteiger partial charge in [0.2, 0.25) is 0 Å². The molecular formula is C14H10ClF3N2O. The molecule has 0 radical (unpaired) electrons. The Morgan fingerprint density at radius 3 is 2.29 bits per heavy atom. The van der Waals surface area contributed by atoms with E-state index in [0.29, 0.717) is 29.1 Å². The SMILES string of the molecule is Cc1cc(N)c(Cl)cc1NC(=O)c1cc(F)c(F)c(F)c1. The monoisotopic (exact) mass is 314 g/mol. The van der Waals surface area contributed by atoms with E-state index in [-0.39, 0.29) is 10.6 Å². The van der Waals surface area contributed by atoms with Gasteiger partial charge in [0.25, 0.3) is 5.91 Å². The Morgan fingerprint density at radius 2 is 1.71 bits per heavy atom. The largest absolute Gasteiger partial charge is 0.398 e. The van der Waals surface area contributed by atoms with Gasteiger partial charge < -0.3 is 11.1 Å². The van der Waals surface area contributed by atoms with Crippen molar-refractivity contribution in [3.63, 3.8) is 0 Å². The van der Waals surface area contributed by atoms with Gasteiger partial charge in [0.1, 0.15) is 0 Å². The molecule has 3 N–H and O–H groups in total. The number of anilines is 2. The highest BCUT2D eigenvalue weighted by Gasteiger charge is 2.16. The Bertz CT molecular complexity index is 711. The van der Waals surface area contributed by atoms with Gasteiger partial charge in [-0.25, -0.2) is 13.2 Å². The standard InChI is InChI=1S/C14H10ClF3N2O/c1-6-2-11(19)8(15)5-12(6)20-14(21)7-3-9(16)13(18)10(17)4-7/h2-5H,19H2,1H3,(H,20,21). The molecule has 0 saturated carbocycles. The van der Waals surface area contributed by atoms with Crippen LogP contribution in [0.25, 0.3) is 0 Å². The smallest absolute Gasteiger partial charge is 0.255 e. The lowest BCUT2D eigenvalue weighted by Crippen LogP contribution is -2.14. The number of benzene rings is 2. The fourth-order valence-electron chi connectivity index (χ4n) is 1.72. The summed E-state index contributed by atoms with van der Waals surface area (Å²) in [5, 5.41) is 2.66. The summed E-state index contributed by atoms with van der Waals surface area (Å²) in [6.45, 7) is 1.67. The van der Waals surface area contributed by atoms with Crippen LogP contribution in [0.15, 0.2) is 24.3 Å². The van der Waals surface area contributed by atoms with E-state index >= 15 is 0 Å². The molecule has 0 aliphatic rings. The third-order valence-electron chi connectivity index (χ3n) is 2.84. The zero-order chi connectivity index (χ0) is 15.7. The molecule has 0 unspecified atom stereocenters. The van der Waals surface area contributed by atoms with Crippen LogP contribution in [0.3, 0.4) is 0 Å². The van der Waals surface area contributed by atoms with Crippen molar-refractivity contribution in [3.05, 3.63) is 57.9 Å². The second-order valence-corrected chi connectivity index (χ2v) is 4.80. The number of carbonyl (C=O) groups excluding carboxylic acids is 1. The number of rotatable bonds is 2. The lowest BCUT2D eigenvalue weighted by atomic mass is 10.1. The molecule has 0 aromatic heterocycles. The van der Waals surface area contributed by atoms with Crippen molar-refractivity contribution < 1.29 is 18.0 Å². The van der Waals surface area contributed by atoms with Gasteiger partial charge >= 0.3 is 0 Å². The predicted molar refractivity (Wildman–Crippen MR) is 74.9 cm³/mol. The van der Waals surface area contributed by atoms with E-state index in [2.05, 4.69) is 5.32 Å². The molecule has 0 heterocycles. The summed E-state index contributed by atoms with van der Waals surface area (Å²) in [4.78, 5) is 11.9. The maximum atomic E-state index is 13.1. The Morgan fingerprint density at radius 1 is 1.14 bits per heavy atom. The van der Waals surface area contributed by atoms with Gasteiger partial charge in [-0.3, -0.25) is 4.79 Å². The minimum absolute atomic E-state index is 0.229. The second-order valence-electron chi connectivity index (χ2n) is 4.40. The maximum absolute atomic E-state index is 13.1. The fourth-order valence-corrected chi connectivity index (χ4v) is 1.88. The molecule has 0 aliphatic heterocycles. The first-order valence-electron chi connectivity index (χ1n) is 5.81. The Balaban J connectivity index is 2.32. The molecule has 0 spiro atoms. The maximum Gasteiger partial charge on any atom is 0.255 e. The van der Waals surface area contributed by atoms with Crippen LogP contribution in [0.1, 0.15) is 15.9 Å². The molecule has 0 fully saturated rings. The highest BCUT2D eigenvalue weighted by molar-refractivity contribution is 6.33. The van der Waals surface area contributed by atoms with Gasteiger partial charge in [-0.05, 0) is 36.8 Å². The van der Waals surface area contributed by atoms with Crippen LogP contribution < -0.4 is 11.1 Å². The molecule has 7 heteroatoms. The average molecular weight is 315 g/mol. The summed E-state index contributed by atoms with van der Waals surface area (Å²) in [5.41, 5.74) is 6.55. The van der Waals surface area contributed by atoms with Gasteiger partial charge in [-0.2, -0.15) is 0 Å². The molecule has 0 bridgehead atoms. The molecule has 2 aromatic rings. The molecule has 2 aromatic carbocycles. The quantitative estimate of drug-likeness (QED) is 0.652. The summed E-state index contributed by atoms with van der Waals surface area (Å²) in [5.74, 6) is -5.30. The number of halogens is 4. The third kappa shape index (κ3) is 3.11. The van der Waals surface area contributed by atoms with E-state index in [0.717, 1.165) is 0 Å². The zero-order valence-corrected chi connectivity index (χ0v) is 11.6. The number of hydrogen-bond donors (Lipinski definition) is 2. The van der Waals surface area contributed by atoms with Crippen LogP contribution in [0, 0.1) is 24.4 Å². The Hall–Kier alpha value is -2.21. The van der Waals surface area contributed by atoms with Gasteiger partial charge in [-0.1, -0.05) is 11.6 Å². The van der Waals surface area contributed by atoms with Crippen LogP contribution >= 0.6 is 11.6 Å². The van der Waals surface area contributed by atoms with Gasteiger partial charge in [-0.15, -0.1) is 0 Å². The normalized spacial score (nSPS) is 10.5. The number of carbonyl (C=O) groups is 1. The van der Waals surface area contributed by atoms with Crippen LogP contribution in [-0.2, 0) is 0 Å². The summed E-state index contributed by atoms with van der Waals surface area (Å²) in [6.07, 6.45) is 0. The van der Waals surface area contributed by atoms with Crippen molar-refractivity contribution in [2.24, 2.45) is 0 Å². The number of nitrogens with two attached hydrogens (primary N) is 1. The van der Waals surface area contributed by atoms with Crippen molar-refractivity contribution in [2.75, 3.05) is 11.1 Å². The van der Waals surface area contributed by atoms with E-state index in [4.69, 9.17) is 17.3 Å². The number of nitrogen functional groups attached to an aromatic ring is 1. The highest BCUT2D eigenvalue weighted by atomic mass is 35.5. The molecule has 3 nitrogen and oxygen atoms in total. The Kier molecular flexibility index (Phi) is 4.09. The molecule has 1 amide bonds. The van der Waals surface area contributed by atoms with Gasteiger partial charge in [0, 0.05) is 11.3 Å². The fraction of sp³-hybridized carbons (Fsp3) is 0.0714. The first-order valence-corrected chi connectivity index (χ1v) is 6.19. The molecule has 0 atom stereocenters. The zero-order valence-electron chi connectivity index (χ0n) is 10.8. The molecule has 110 valence electrons. The summed E-state index contributed by atoms with van der Waals surface area (Å²) in [7, 11) is 0. The summed E-state index contributed by atoms with van der Waals surface area (Å²) >= 11 is 5.84. The molecule has 0 aliphatic carbocycles. The molecule has 21 heavy (non-hydrogen) atoms. The van der Waals surface area contributed by atoms with Crippen LogP contribution in [0.5, 0.6) is 0 Å². The topological polar surface area (TPSA) is 55.1 Å². The van der Waals surface area contributed by atoms with Crippen molar-refractivity contribution in [1.82, 2.24) is 0 Å². The number of amides is 1. The van der Waals surface area contributed by atoms with Crippen LogP contribution in [0.2, 0.25) is 5.02 Å². The minimum Gasteiger partial charge on any atom is -0.398 e. The second kappa shape index (κ2) is 5.65. The molecule has 2 rings (SSSR count). The minimum atomic E-state index is -1.63. The number of aryl methyl sites for hydroxylation is 1. The number of hydrogen-bond acceptors (Lipinski definition) is 2. The van der Waals surface area contributed by atoms with E-state index in [9.17, 15) is 18.0 Å². The predicted octanol–water partition coefficient (Wildman–Crippen LogP) is 3.90. The summed E-state index contributed by atoms with van der Waals surface area (Å²) in [6, 6.07) is 4.19. The van der Waals surface area contributed by atoms with Crippen molar-refractivity contribution >= 4 is 28.9 Å². The van der Waals surface area contributed by atoms with E-state index in [1.54, 1.807) is 13.0 Å². The van der Waals surface area contributed by atoms with Gasteiger partial charge in [0.15, 0.2) is 17.5 Å². The van der Waals surface area contributed by atoms with Crippen molar-refractivity contribution in [1.29, 1.82) is 0 Å². The van der Waals surface area contributed by atoms with Crippen molar-refractivity contribution in [3.8, 4) is 0 Å². The lowest BCUT2D eigenvalue weighted by molar-refractivity contribution is 0.102. The number of nitrogens with one attached hydrogen (secondary N) is 1. The van der Waals surface area contributed by atoms with Crippen molar-refractivity contribution in [2.45, 2.75) is 6.92 Å². The first-order chi connectivity index (χ1) is 9.79. The lowest BCUT2D eigenvalue weighted by Gasteiger charge is -2.11. The molecule has 0 saturated heterocycles. The first kappa shape index (κ1) is 15.2. The average Bonchev–Trinajstić information content (AvgIpc) is 2.41. The van der Waals surface area contributed by atoms with Gasteiger partial charge in [0.05, 0.1) is 10.7 Å². The van der Waals surface area contributed by atoms with E-state index in [1.807, 2.05) is 0 Å².